The molecule has 2 rings (SSSR count). The van der Waals surface area contributed by atoms with Crippen molar-refractivity contribution in [2.24, 2.45) is 0 Å². The van der Waals surface area contributed by atoms with Gasteiger partial charge in [0, 0.05) is 11.7 Å². The maximum Gasteiger partial charge on any atom is 0.0578 e. The van der Waals surface area contributed by atoms with Gasteiger partial charge >= 0.3 is 0 Å². The zero-order chi connectivity index (χ0) is 11.5. The average Bonchev–Trinajstić information content (AvgIpc) is 2.29. The van der Waals surface area contributed by atoms with Crippen LogP contribution in [0.1, 0.15) is 50.5 Å². The van der Waals surface area contributed by atoms with Crippen LogP contribution in [0.25, 0.3) is 0 Å². The predicted octanol–water partition coefficient (Wildman–Crippen LogP) is 3.33. The second kappa shape index (κ2) is 4.96. The summed E-state index contributed by atoms with van der Waals surface area (Å²) in [5.74, 6) is 0. The molecule has 2 heterocycles. The Labute approximate surface area is 98.7 Å². The molecule has 1 fully saturated rings. The molecule has 0 spiro atoms. The van der Waals surface area contributed by atoms with Gasteiger partial charge in [0.1, 0.15) is 0 Å². The van der Waals surface area contributed by atoms with Crippen LogP contribution in [-0.2, 0) is 0 Å². The van der Waals surface area contributed by atoms with Crippen molar-refractivity contribution >= 4 is 0 Å². The Hall–Kier alpha value is -0.890. The van der Waals surface area contributed by atoms with Crippen molar-refractivity contribution in [3.8, 4) is 0 Å². The van der Waals surface area contributed by atoms with E-state index in [2.05, 4.69) is 48.9 Å². The minimum absolute atomic E-state index is 0.536. The van der Waals surface area contributed by atoms with Crippen molar-refractivity contribution < 1.29 is 0 Å². The molecule has 1 atom stereocenters. The monoisotopic (exact) mass is 218 g/mol. The number of hydrogen-bond donors (Lipinski definition) is 0. The fourth-order valence-corrected chi connectivity index (χ4v) is 2.64. The topological polar surface area (TPSA) is 16.1 Å². The fourth-order valence-electron chi connectivity index (χ4n) is 2.64. The molecular formula is C14H22N2. The Morgan fingerprint density at radius 1 is 1.31 bits per heavy atom. The number of rotatable bonds is 2. The van der Waals surface area contributed by atoms with Gasteiger partial charge in [0.25, 0.3) is 0 Å². The minimum atomic E-state index is 0.536. The smallest absolute Gasteiger partial charge is 0.0578 e. The van der Waals surface area contributed by atoms with E-state index in [4.69, 9.17) is 0 Å². The highest BCUT2D eigenvalue weighted by Gasteiger charge is 2.26. The normalized spacial score (nSPS) is 22.6. The maximum absolute atomic E-state index is 4.69. The minimum Gasteiger partial charge on any atom is -0.292 e. The van der Waals surface area contributed by atoms with Crippen LogP contribution in [0.4, 0.5) is 0 Å². The van der Waals surface area contributed by atoms with E-state index in [-0.39, 0.29) is 0 Å². The Kier molecular flexibility index (Phi) is 3.59. The van der Waals surface area contributed by atoms with E-state index in [1.54, 1.807) is 0 Å². The lowest BCUT2D eigenvalue weighted by Gasteiger charge is -2.38. The molecule has 0 N–H and O–H groups in total. The third-order valence-electron chi connectivity index (χ3n) is 3.46. The Morgan fingerprint density at radius 2 is 2.12 bits per heavy atom. The lowest BCUT2D eigenvalue weighted by atomic mass is 9.97. The van der Waals surface area contributed by atoms with Crippen molar-refractivity contribution in [1.29, 1.82) is 0 Å². The summed E-state index contributed by atoms with van der Waals surface area (Å²) in [7, 11) is 0. The molecule has 1 aromatic heterocycles. The van der Waals surface area contributed by atoms with Crippen molar-refractivity contribution in [3.05, 3.63) is 29.6 Å². The molecule has 1 aliphatic rings. The molecule has 2 nitrogen and oxygen atoms in total. The second-order valence-corrected chi connectivity index (χ2v) is 5.05. The van der Waals surface area contributed by atoms with Crippen LogP contribution in [0.5, 0.6) is 0 Å². The van der Waals surface area contributed by atoms with Crippen LogP contribution in [-0.4, -0.2) is 22.5 Å². The molecule has 0 aliphatic carbocycles. The van der Waals surface area contributed by atoms with E-state index in [1.165, 1.54) is 31.5 Å². The zero-order valence-electron chi connectivity index (χ0n) is 10.6. The van der Waals surface area contributed by atoms with Gasteiger partial charge in [-0.3, -0.25) is 9.88 Å². The molecule has 88 valence electrons. The first-order valence-electron chi connectivity index (χ1n) is 6.38. The average molecular weight is 218 g/mol. The van der Waals surface area contributed by atoms with E-state index >= 15 is 0 Å². The van der Waals surface area contributed by atoms with Gasteiger partial charge in [-0.25, -0.2) is 0 Å². The molecule has 0 unspecified atom stereocenters. The van der Waals surface area contributed by atoms with Gasteiger partial charge in [-0.15, -0.1) is 0 Å². The third kappa shape index (κ3) is 2.43. The van der Waals surface area contributed by atoms with Crippen LogP contribution in [0.2, 0.25) is 0 Å². The summed E-state index contributed by atoms with van der Waals surface area (Å²) in [5, 5.41) is 0. The SMILES string of the molecule is Cc1cccc([C@H]2CCCCN2C(C)C)n1. The number of aryl methyl sites for hydroxylation is 1. The molecule has 1 saturated heterocycles. The van der Waals surface area contributed by atoms with Crippen molar-refractivity contribution in [2.75, 3.05) is 6.54 Å². The molecule has 0 aromatic carbocycles. The van der Waals surface area contributed by atoms with Crippen LogP contribution < -0.4 is 0 Å². The van der Waals surface area contributed by atoms with Crippen LogP contribution >= 0.6 is 0 Å². The van der Waals surface area contributed by atoms with Gasteiger partial charge in [0.15, 0.2) is 0 Å². The van der Waals surface area contributed by atoms with E-state index < -0.39 is 0 Å². The summed E-state index contributed by atoms with van der Waals surface area (Å²) in [6.45, 7) is 7.87. The number of pyridine rings is 1. The van der Waals surface area contributed by atoms with E-state index in [1.807, 2.05) is 0 Å². The summed E-state index contributed by atoms with van der Waals surface area (Å²) in [4.78, 5) is 7.28. The zero-order valence-corrected chi connectivity index (χ0v) is 10.6. The summed E-state index contributed by atoms with van der Waals surface area (Å²) in [6.07, 6.45) is 3.93. The van der Waals surface area contributed by atoms with Gasteiger partial charge in [0.2, 0.25) is 0 Å². The molecular weight excluding hydrogens is 196 g/mol. The van der Waals surface area contributed by atoms with Gasteiger partial charge in [-0.1, -0.05) is 12.5 Å². The van der Waals surface area contributed by atoms with E-state index in [0.717, 1.165) is 5.69 Å². The standard InChI is InChI=1S/C14H22N2/c1-11(2)16-10-5-4-9-14(16)13-8-6-7-12(3)15-13/h6-8,11,14H,4-5,9-10H2,1-3H3/t14-/m1/s1. The number of likely N-dealkylation sites (tertiary alicyclic amines) is 1. The number of hydrogen-bond acceptors (Lipinski definition) is 2. The Bertz CT molecular complexity index is 346. The predicted molar refractivity (Wildman–Crippen MR) is 67.4 cm³/mol. The quantitative estimate of drug-likeness (QED) is 0.757. The van der Waals surface area contributed by atoms with Crippen molar-refractivity contribution in [3.63, 3.8) is 0 Å². The number of piperidine rings is 1. The molecule has 1 aliphatic heterocycles. The van der Waals surface area contributed by atoms with Crippen LogP contribution in [0, 0.1) is 6.92 Å². The summed E-state index contributed by atoms with van der Waals surface area (Å²) < 4.78 is 0. The number of nitrogens with zero attached hydrogens (tertiary/aromatic N) is 2. The van der Waals surface area contributed by atoms with Crippen LogP contribution in [0.3, 0.4) is 0 Å². The lowest BCUT2D eigenvalue weighted by Crippen LogP contribution is -2.38. The van der Waals surface area contributed by atoms with Crippen molar-refractivity contribution in [2.45, 2.75) is 52.1 Å². The van der Waals surface area contributed by atoms with Crippen molar-refractivity contribution in [1.82, 2.24) is 9.88 Å². The molecule has 0 amide bonds. The second-order valence-electron chi connectivity index (χ2n) is 5.05. The molecule has 2 heteroatoms. The summed E-state index contributed by atoms with van der Waals surface area (Å²) in [6, 6.07) is 7.54. The third-order valence-corrected chi connectivity index (χ3v) is 3.46. The van der Waals surface area contributed by atoms with Gasteiger partial charge in [-0.05, 0) is 52.3 Å². The summed E-state index contributed by atoms with van der Waals surface area (Å²) >= 11 is 0. The van der Waals surface area contributed by atoms with E-state index in [0.29, 0.717) is 12.1 Å². The highest BCUT2D eigenvalue weighted by atomic mass is 15.2. The first-order valence-corrected chi connectivity index (χ1v) is 6.38. The summed E-state index contributed by atoms with van der Waals surface area (Å²) in [5.41, 5.74) is 2.39. The molecule has 16 heavy (non-hydrogen) atoms. The van der Waals surface area contributed by atoms with Gasteiger partial charge < -0.3 is 0 Å². The fraction of sp³-hybridized carbons (Fsp3) is 0.643. The highest BCUT2D eigenvalue weighted by Crippen LogP contribution is 2.31. The lowest BCUT2D eigenvalue weighted by molar-refractivity contribution is 0.109. The first-order chi connectivity index (χ1) is 7.68. The first kappa shape index (κ1) is 11.6. The van der Waals surface area contributed by atoms with Gasteiger partial charge in [0.05, 0.1) is 11.7 Å². The van der Waals surface area contributed by atoms with E-state index in [9.17, 15) is 0 Å². The van der Waals surface area contributed by atoms with Crippen LogP contribution in [0.15, 0.2) is 18.2 Å². The highest BCUT2D eigenvalue weighted by molar-refractivity contribution is 5.14. The molecule has 0 saturated carbocycles. The number of aromatic nitrogens is 1. The molecule has 0 radical (unpaired) electrons. The maximum atomic E-state index is 4.69. The molecule has 1 aromatic rings. The van der Waals surface area contributed by atoms with Gasteiger partial charge in [-0.2, -0.15) is 0 Å². The largest absolute Gasteiger partial charge is 0.292 e. The Balaban J connectivity index is 2.23. The molecule has 0 bridgehead atoms. The Morgan fingerprint density at radius 3 is 2.81 bits per heavy atom.